The predicted molar refractivity (Wildman–Crippen MR) is 113 cm³/mol. The van der Waals surface area contributed by atoms with E-state index in [-0.39, 0.29) is 11.9 Å². The van der Waals surface area contributed by atoms with Gasteiger partial charge in [-0.3, -0.25) is 4.79 Å². The van der Waals surface area contributed by atoms with Crippen molar-refractivity contribution in [3.05, 3.63) is 47.7 Å². The summed E-state index contributed by atoms with van der Waals surface area (Å²) in [6.07, 6.45) is 4.05. The van der Waals surface area contributed by atoms with Crippen LogP contribution >= 0.6 is 23.5 Å². The van der Waals surface area contributed by atoms with Gasteiger partial charge in [-0.15, -0.1) is 23.5 Å². The first-order valence-corrected chi connectivity index (χ1v) is 11.3. The first-order valence-electron chi connectivity index (χ1n) is 9.22. The van der Waals surface area contributed by atoms with E-state index < -0.39 is 0 Å². The third-order valence-corrected chi connectivity index (χ3v) is 7.43. The first kappa shape index (κ1) is 19.4. The fourth-order valence-electron chi connectivity index (χ4n) is 3.21. The topological polar surface area (TPSA) is 46.9 Å². The quantitative estimate of drug-likeness (QED) is 0.697. The Morgan fingerprint density at radius 1 is 1.19 bits per heavy atom. The van der Waals surface area contributed by atoms with Gasteiger partial charge in [0, 0.05) is 11.6 Å². The van der Waals surface area contributed by atoms with Crippen LogP contribution in [0.1, 0.15) is 60.2 Å². The van der Waals surface area contributed by atoms with E-state index in [0.29, 0.717) is 16.1 Å². The van der Waals surface area contributed by atoms with Crippen molar-refractivity contribution in [3.8, 4) is 0 Å². The van der Waals surface area contributed by atoms with E-state index in [9.17, 15) is 4.79 Å². The van der Waals surface area contributed by atoms with Gasteiger partial charge in [-0.2, -0.15) is 5.10 Å². The van der Waals surface area contributed by atoms with Crippen molar-refractivity contribution in [2.24, 2.45) is 5.92 Å². The molecule has 0 saturated carbocycles. The molecule has 3 rings (SSSR count). The number of carbonyl (C=O) groups excluding carboxylic acids is 1. The lowest BCUT2D eigenvalue weighted by atomic mass is 10.1. The second-order valence-electron chi connectivity index (χ2n) is 7.14. The van der Waals surface area contributed by atoms with Crippen LogP contribution in [0.3, 0.4) is 0 Å². The van der Waals surface area contributed by atoms with Crippen LogP contribution < -0.4 is 5.32 Å². The van der Waals surface area contributed by atoms with Crippen LogP contribution in [0.4, 0.5) is 5.82 Å². The summed E-state index contributed by atoms with van der Waals surface area (Å²) in [5.41, 5.74) is 1.98. The summed E-state index contributed by atoms with van der Waals surface area (Å²) >= 11 is 3.99. The van der Waals surface area contributed by atoms with Crippen molar-refractivity contribution in [1.29, 1.82) is 0 Å². The number of amides is 1. The highest BCUT2D eigenvalue weighted by atomic mass is 32.2. The van der Waals surface area contributed by atoms with Gasteiger partial charge in [-0.1, -0.05) is 26.0 Å². The molecule has 140 valence electrons. The molecule has 1 saturated heterocycles. The minimum absolute atomic E-state index is 0.0843. The highest BCUT2D eigenvalue weighted by molar-refractivity contribution is 8.16. The molecule has 1 fully saturated rings. The molecule has 0 radical (unpaired) electrons. The molecule has 26 heavy (non-hydrogen) atoms. The van der Waals surface area contributed by atoms with Gasteiger partial charge in [-0.05, 0) is 54.9 Å². The molecule has 1 aromatic heterocycles. The zero-order valence-corrected chi connectivity index (χ0v) is 17.3. The van der Waals surface area contributed by atoms with Crippen LogP contribution in [0.15, 0.2) is 36.5 Å². The van der Waals surface area contributed by atoms with Gasteiger partial charge in [0.1, 0.15) is 5.82 Å². The number of thioether (sulfide) groups is 2. The summed E-state index contributed by atoms with van der Waals surface area (Å²) in [7, 11) is 0. The summed E-state index contributed by atoms with van der Waals surface area (Å²) in [6, 6.07) is 10.1. The van der Waals surface area contributed by atoms with Gasteiger partial charge in [-0.25, -0.2) is 4.68 Å². The molecular weight excluding hydrogens is 362 g/mol. The van der Waals surface area contributed by atoms with E-state index in [2.05, 4.69) is 43.3 Å². The largest absolute Gasteiger partial charge is 0.307 e. The van der Waals surface area contributed by atoms with Gasteiger partial charge >= 0.3 is 0 Å². The predicted octanol–water partition coefficient (Wildman–Crippen LogP) is 5.61. The second-order valence-corrected chi connectivity index (χ2v) is 9.87. The molecule has 1 N–H and O–H groups in total. The molecule has 0 bridgehead atoms. The molecule has 6 heteroatoms. The molecule has 1 atom stereocenters. The fourth-order valence-corrected chi connectivity index (χ4v) is 6.10. The third-order valence-electron chi connectivity index (χ3n) is 4.41. The smallest absolute Gasteiger partial charge is 0.256 e. The molecule has 1 amide bonds. The molecule has 1 aliphatic heterocycles. The van der Waals surface area contributed by atoms with Crippen molar-refractivity contribution in [1.82, 2.24) is 9.78 Å². The number of anilines is 1. The number of hydrogen-bond acceptors (Lipinski definition) is 4. The number of carbonyl (C=O) groups is 1. The van der Waals surface area contributed by atoms with E-state index in [0.717, 1.165) is 12.2 Å². The number of benzene rings is 1. The van der Waals surface area contributed by atoms with Gasteiger partial charge in [0.15, 0.2) is 0 Å². The Balaban J connectivity index is 1.66. The van der Waals surface area contributed by atoms with Crippen LogP contribution in [0, 0.1) is 5.92 Å². The molecule has 0 spiro atoms. The number of rotatable bonds is 6. The highest BCUT2D eigenvalue weighted by Gasteiger charge is 2.18. The maximum Gasteiger partial charge on any atom is 0.256 e. The Bertz CT molecular complexity index is 721. The summed E-state index contributed by atoms with van der Waals surface area (Å²) in [4.78, 5) is 12.6. The summed E-state index contributed by atoms with van der Waals surface area (Å²) in [5, 5.41) is 7.40. The summed E-state index contributed by atoms with van der Waals surface area (Å²) in [6.45, 7) is 6.53. The Kier molecular flexibility index (Phi) is 6.70. The van der Waals surface area contributed by atoms with Crippen LogP contribution in [0.25, 0.3) is 0 Å². The molecule has 2 aromatic rings. The van der Waals surface area contributed by atoms with Gasteiger partial charge < -0.3 is 5.32 Å². The Hall–Kier alpha value is -1.40. The maximum atomic E-state index is 12.6. The molecule has 4 nitrogen and oxygen atoms in total. The Morgan fingerprint density at radius 3 is 2.54 bits per heavy atom. The normalized spacial score (nSPS) is 16.6. The second kappa shape index (κ2) is 9.00. The molecule has 1 unspecified atom stereocenters. The maximum absolute atomic E-state index is 12.6. The van der Waals surface area contributed by atoms with Crippen molar-refractivity contribution in [2.75, 3.05) is 16.8 Å². The average Bonchev–Trinajstić information content (AvgIpc) is 3.10. The van der Waals surface area contributed by atoms with Crippen LogP contribution in [-0.2, 0) is 0 Å². The number of hydrogen-bond donors (Lipinski definition) is 1. The summed E-state index contributed by atoms with van der Waals surface area (Å²) < 4.78 is 2.40. The zero-order chi connectivity index (χ0) is 18.5. The Labute approximate surface area is 164 Å². The minimum atomic E-state index is -0.0843. The third kappa shape index (κ3) is 4.86. The van der Waals surface area contributed by atoms with E-state index in [1.165, 1.54) is 23.5 Å². The van der Waals surface area contributed by atoms with Gasteiger partial charge in [0.2, 0.25) is 0 Å². The van der Waals surface area contributed by atoms with Crippen molar-refractivity contribution >= 4 is 35.2 Å². The standard InChI is InChI=1S/C20H27N3OS2/c1-14(2)13-15(3)23-18(9-10-21-23)22-19(24)16-5-7-17(8-6-16)20-25-11-4-12-26-20/h5-10,14-15,20H,4,11-13H2,1-3H3,(H,22,24). The number of nitrogens with zero attached hydrogens (tertiary/aromatic N) is 2. The van der Waals surface area contributed by atoms with Gasteiger partial charge in [0.25, 0.3) is 5.91 Å². The van der Waals surface area contributed by atoms with Crippen molar-refractivity contribution < 1.29 is 4.79 Å². The SMILES string of the molecule is CC(C)CC(C)n1nccc1NC(=O)c1ccc(C2SCCCS2)cc1. The van der Waals surface area contributed by atoms with Crippen molar-refractivity contribution in [3.63, 3.8) is 0 Å². The van der Waals surface area contributed by atoms with E-state index in [1.54, 1.807) is 6.20 Å². The van der Waals surface area contributed by atoms with Crippen LogP contribution in [0.5, 0.6) is 0 Å². The Morgan fingerprint density at radius 2 is 1.88 bits per heavy atom. The van der Waals surface area contributed by atoms with E-state index in [4.69, 9.17) is 0 Å². The number of nitrogens with one attached hydrogen (secondary N) is 1. The van der Waals surface area contributed by atoms with E-state index >= 15 is 0 Å². The molecule has 0 aliphatic carbocycles. The molecule has 2 heterocycles. The lowest BCUT2D eigenvalue weighted by Crippen LogP contribution is -2.18. The summed E-state index contributed by atoms with van der Waals surface area (Å²) in [5.74, 6) is 3.70. The lowest BCUT2D eigenvalue weighted by Gasteiger charge is -2.21. The van der Waals surface area contributed by atoms with Crippen LogP contribution in [-0.4, -0.2) is 27.2 Å². The molecular formula is C20H27N3OS2. The average molecular weight is 390 g/mol. The van der Waals surface area contributed by atoms with Crippen LogP contribution in [0.2, 0.25) is 0 Å². The molecule has 1 aliphatic rings. The highest BCUT2D eigenvalue weighted by Crippen LogP contribution is 2.43. The molecule has 1 aromatic carbocycles. The monoisotopic (exact) mass is 389 g/mol. The zero-order valence-electron chi connectivity index (χ0n) is 15.6. The van der Waals surface area contributed by atoms with Gasteiger partial charge in [0.05, 0.1) is 16.8 Å². The number of aromatic nitrogens is 2. The fraction of sp³-hybridized carbons (Fsp3) is 0.500. The first-order chi connectivity index (χ1) is 12.5. The lowest BCUT2D eigenvalue weighted by molar-refractivity contribution is 0.102. The van der Waals surface area contributed by atoms with Crippen molar-refractivity contribution in [2.45, 2.75) is 44.2 Å². The minimum Gasteiger partial charge on any atom is -0.307 e. The van der Waals surface area contributed by atoms with E-state index in [1.807, 2.05) is 46.4 Å².